The van der Waals surface area contributed by atoms with Crippen LogP contribution in [0.25, 0.3) is 10.9 Å². The van der Waals surface area contributed by atoms with Crippen LogP contribution in [0.5, 0.6) is 5.75 Å². The predicted molar refractivity (Wildman–Crippen MR) is 103 cm³/mol. The fourth-order valence-corrected chi connectivity index (χ4v) is 2.89. The topological polar surface area (TPSA) is 74.8 Å². The zero-order chi connectivity index (χ0) is 18.5. The molecule has 3 rings (SSSR count). The molecule has 132 valence electrons. The maximum Gasteiger partial charge on any atom is 0.350 e. The lowest BCUT2D eigenvalue weighted by Crippen LogP contribution is -2.15. The number of aromatic nitrogens is 1. The van der Waals surface area contributed by atoms with Gasteiger partial charge in [0, 0.05) is 36.8 Å². The lowest BCUT2D eigenvalue weighted by atomic mass is 10.1. The van der Waals surface area contributed by atoms with Crippen molar-refractivity contribution in [2.75, 3.05) is 0 Å². The Morgan fingerprint density at radius 2 is 1.88 bits per heavy atom. The molecule has 0 atom stereocenters. The minimum Gasteiger partial charge on any atom is -0.508 e. The molecular weight excluding hydrogens is 328 g/mol. The molecule has 2 aromatic carbocycles. The number of fused-ring (bicyclic) bond motifs is 1. The number of aryl methyl sites for hydroxylation is 1. The van der Waals surface area contributed by atoms with E-state index in [9.17, 15) is 15.0 Å². The smallest absolute Gasteiger partial charge is 0.350 e. The SMILES string of the molecule is Cn1cc(CC(=NC=CCc2ccc(O)cc2)C(=O)O)c2ccccc21. The van der Waals surface area contributed by atoms with Gasteiger partial charge in [-0.3, -0.25) is 4.99 Å². The third-order valence-electron chi connectivity index (χ3n) is 4.21. The Balaban J connectivity index is 1.76. The van der Waals surface area contributed by atoms with Crippen LogP contribution in [0.3, 0.4) is 0 Å². The van der Waals surface area contributed by atoms with Crippen molar-refractivity contribution in [1.82, 2.24) is 4.57 Å². The number of carbonyl (C=O) groups is 1. The number of hydrogen-bond donors (Lipinski definition) is 2. The molecule has 3 aromatic rings. The Labute approximate surface area is 151 Å². The van der Waals surface area contributed by atoms with Crippen molar-refractivity contribution in [3.63, 3.8) is 0 Å². The zero-order valence-corrected chi connectivity index (χ0v) is 14.5. The Hall–Kier alpha value is -3.34. The molecule has 0 saturated heterocycles. The van der Waals surface area contributed by atoms with E-state index in [1.165, 1.54) is 6.20 Å². The highest BCUT2D eigenvalue weighted by atomic mass is 16.4. The molecule has 1 aromatic heterocycles. The number of para-hydroxylation sites is 1. The first-order valence-electron chi connectivity index (χ1n) is 8.30. The number of aliphatic imine (C=N–C) groups is 1. The summed E-state index contributed by atoms with van der Waals surface area (Å²) in [5, 5.41) is 19.8. The minimum absolute atomic E-state index is 0.100. The van der Waals surface area contributed by atoms with Crippen LogP contribution in [0.15, 0.2) is 72.0 Å². The van der Waals surface area contributed by atoms with Crippen LogP contribution in [-0.2, 0) is 24.7 Å². The van der Waals surface area contributed by atoms with Crippen molar-refractivity contribution in [1.29, 1.82) is 0 Å². The number of carboxylic acids is 1. The molecule has 0 amide bonds. The van der Waals surface area contributed by atoms with Crippen LogP contribution in [-0.4, -0.2) is 26.5 Å². The van der Waals surface area contributed by atoms with Gasteiger partial charge < -0.3 is 14.8 Å². The van der Waals surface area contributed by atoms with Crippen LogP contribution in [0.4, 0.5) is 0 Å². The second kappa shape index (κ2) is 7.70. The molecular formula is C21H20N2O3. The van der Waals surface area contributed by atoms with Gasteiger partial charge in [0.1, 0.15) is 11.5 Å². The van der Waals surface area contributed by atoms with E-state index in [0.717, 1.165) is 22.0 Å². The molecule has 0 unspecified atom stereocenters. The third-order valence-corrected chi connectivity index (χ3v) is 4.21. The number of phenols is 1. The number of benzene rings is 2. The molecule has 5 nitrogen and oxygen atoms in total. The van der Waals surface area contributed by atoms with Gasteiger partial charge in [0.25, 0.3) is 0 Å². The highest BCUT2D eigenvalue weighted by Gasteiger charge is 2.13. The lowest BCUT2D eigenvalue weighted by Gasteiger charge is -2.00. The Morgan fingerprint density at radius 3 is 2.62 bits per heavy atom. The molecule has 0 saturated carbocycles. The lowest BCUT2D eigenvalue weighted by molar-refractivity contribution is -0.129. The summed E-state index contributed by atoms with van der Waals surface area (Å²) in [6, 6.07) is 14.8. The van der Waals surface area contributed by atoms with E-state index in [-0.39, 0.29) is 17.9 Å². The average Bonchev–Trinajstić information content (AvgIpc) is 2.95. The van der Waals surface area contributed by atoms with E-state index in [1.807, 2.05) is 54.2 Å². The van der Waals surface area contributed by atoms with Crippen molar-refractivity contribution >= 4 is 22.6 Å². The molecule has 0 bridgehead atoms. The van der Waals surface area contributed by atoms with Gasteiger partial charge in [-0.15, -0.1) is 0 Å². The standard InChI is InChI=1S/C21H20N2O3/c1-23-14-16(18-6-2-3-7-20(18)23)13-19(21(25)26)22-12-4-5-15-8-10-17(24)11-9-15/h2-4,6-12,14,24H,5,13H2,1H3,(H,25,26). The van der Waals surface area contributed by atoms with Gasteiger partial charge in [-0.1, -0.05) is 36.4 Å². The molecule has 0 aliphatic carbocycles. The van der Waals surface area contributed by atoms with Crippen molar-refractivity contribution < 1.29 is 15.0 Å². The van der Waals surface area contributed by atoms with E-state index in [0.29, 0.717) is 6.42 Å². The number of aliphatic carboxylic acids is 1. The van der Waals surface area contributed by atoms with E-state index in [4.69, 9.17) is 0 Å². The van der Waals surface area contributed by atoms with Crippen LogP contribution in [0.1, 0.15) is 11.1 Å². The van der Waals surface area contributed by atoms with E-state index in [1.54, 1.807) is 18.2 Å². The van der Waals surface area contributed by atoms with Crippen molar-refractivity contribution in [3.05, 3.63) is 78.1 Å². The van der Waals surface area contributed by atoms with Gasteiger partial charge in [-0.2, -0.15) is 0 Å². The van der Waals surface area contributed by atoms with Crippen LogP contribution >= 0.6 is 0 Å². The van der Waals surface area contributed by atoms with E-state index < -0.39 is 5.97 Å². The van der Waals surface area contributed by atoms with Gasteiger partial charge in [-0.05, 0) is 35.7 Å². The largest absolute Gasteiger partial charge is 0.508 e. The van der Waals surface area contributed by atoms with E-state index in [2.05, 4.69) is 4.99 Å². The fourth-order valence-electron chi connectivity index (χ4n) is 2.89. The van der Waals surface area contributed by atoms with Crippen LogP contribution in [0, 0.1) is 0 Å². The van der Waals surface area contributed by atoms with Gasteiger partial charge in [-0.25, -0.2) is 4.79 Å². The number of rotatable bonds is 6. The zero-order valence-electron chi connectivity index (χ0n) is 14.5. The maximum atomic E-state index is 11.5. The van der Waals surface area contributed by atoms with Crippen LogP contribution < -0.4 is 0 Å². The molecule has 0 fully saturated rings. The van der Waals surface area contributed by atoms with Crippen molar-refractivity contribution in [2.24, 2.45) is 12.0 Å². The van der Waals surface area contributed by atoms with E-state index >= 15 is 0 Å². The number of aromatic hydroxyl groups is 1. The summed E-state index contributed by atoms with van der Waals surface area (Å²) in [6.07, 6.45) is 6.16. The highest BCUT2D eigenvalue weighted by molar-refractivity contribution is 6.36. The molecule has 2 N–H and O–H groups in total. The number of allylic oxidation sites excluding steroid dienone is 1. The predicted octanol–water partition coefficient (Wildman–Crippen LogP) is 3.71. The first-order valence-corrected chi connectivity index (χ1v) is 8.30. The second-order valence-corrected chi connectivity index (χ2v) is 6.10. The minimum atomic E-state index is -1.02. The fraction of sp³-hybridized carbons (Fsp3) is 0.143. The van der Waals surface area contributed by atoms with Gasteiger partial charge in [0.2, 0.25) is 0 Å². The summed E-state index contributed by atoms with van der Waals surface area (Å²) in [6.45, 7) is 0. The summed E-state index contributed by atoms with van der Waals surface area (Å²) in [7, 11) is 1.95. The second-order valence-electron chi connectivity index (χ2n) is 6.10. The quantitative estimate of drug-likeness (QED) is 0.667. The van der Waals surface area contributed by atoms with Gasteiger partial charge in [0.15, 0.2) is 0 Å². The molecule has 0 aliphatic heterocycles. The van der Waals surface area contributed by atoms with Crippen LogP contribution in [0.2, 0.25) is 0 Å². The number of phenolic OH excluding ortho intramolecular Hbond substituents is 1. The Bertz CT molecular complexity index is 982. The summed E-state index contributed by atoms with van der Waals surface area (Å²) in [4.78, 5) is 15.7. The summed E-state index contributed by atoms with van der Waals surface area (Å²) < 4.78 is 1.99. The highest BCUT2D eigenvalue weighted by Crippen LogP contribution is 2.21. The van der Waals surface area contributed by atoms with Gasteiger partial charge >= 0.3 is 5.97 Å². The number of carboxylic acid groups (broad SMARTS) is 1. The monoisotopic (exact) mass is 348 g/mol. The third kappa shape index (κ3) is 4.00. The first-order chi connectivity index (χ1) is 12.5. The molecule has 0 aliphatic rings. The van der Waals surface area contributed by atoms with Gasteiger partial charge in [0.05, 0.1) is 0 Å². The number of hydrogen-bond acceptors (Lipinski definition) is 3. The number of nitrogens with zero attached hydrogens (tertiary/aromatic N) is 2. The molecule has 5 heteroatoms. The normalized spacial score (nSPS) is 12.1. The Morgan fingerprint density at radius 1 is 1.15 bits per heavy atom. The van der Waals surface area contributed by atoms with Crippen molar-refractivity contribution in [3.8, 4) is 5.75 Å². The molecule has 0 spiro atoms. The maximum absolute atomic E-state index is 11.5. The Kier molecular flexibility index (Phi) is 5.17. The first kappa shape index (κ1) is 17.5. The molecule has 0 radical (unpaired) electrons. The molecule has 1 heterocycles. The average molecular weight is 348 g/mol. The summed E-state index contributed by atoms with van der Waals surface area (Å²) in [5.74, 6) is -0.800. The summed E-state index contributed by atoms with van der Waals surface area (Å²) in [5.41, 5.74) is 3.12. The summed E-state index contributed by atoms with van der Waals surface area (Å²) >= 11 is 0. The molecule has 26 heavy (non-hydrogen) atoms. The van der Waals surface area contributed by atoms with Crippen molar-refractivity contribution in [2.45, 2.75) is 12.8 Å².